The van der Waals surface area contributed by atoms with E-state index in [0.717, 1.165) is 17.8 Å². The minimum atomic E-state index is -0.899. The molecule has 0 aliphatic rings. The van der Waals surface area contributed by atoms with Crippen LogP contribution in [0, 0.1) is 11.6 Å². The fourth-order valence-electron chi connectivity index (χ4n) is 1.87. The lowest BCUT2D eigenvalue weighted by Crippen LogP contribution is -2.04. The Kier molecular flexibility index (Phi) is 2.72. The van der Waals surface area contributed by atoms with Crippen LogP contribution < -0.4 is 5.73 Å². The normalized spacial score (nSPS) is 11.1. The zero-order valence-corrected chi connectivity index (χ0v) is 9.85. The summed E-state index contributed by atoms with van der Waals surface area (Å²) in [6, 6.07) is 7.13. The number of nitrogens with two attached hydrogens (primary N) is 1. The van der Waals surface area contributed by atoms with Crippen LogP contribution in [0.2, 0.25) is 0 Å². The summed E-state index contributed by atoms with van der Waals surface area (Å²) in [5, 5.41) is 4.33. The molecule has 0 unspecified atom stereocenters. The molecule has 6 heteroatoms. The first-order chi connectivity index (χ1) is 9.19. The summed E-state index contributed by atoms with van der Waals surface area (Å²) in [5.41, 5.74) is 8.02. The third kappa shape index (κ3) is 1.96. The number of aromatic nitrogens is 3. The van der Waals surface area contributed by atoms with E-state index in [9.17, 15) is 8.78 Å². The van der Waals surface area contributed by atoms with Gasteiger partial charge < -0.3 is 5.73 Å². The largest absolute Gasteiger partial charge is 0.325 e. The molecule has 4 nitrogen and oxygen atoms in total. The summed E-state index contributed by atoms with van der Waals surface area (Å²) in [6.07, 6.45) is 1.64. The third-order valence-electron chi connectivity index (χ3n) is 2.86. The minimum Gasteiger partial charge on any atom is -0.325 e. The van der Waals surface area contributed by atoms with Crippen LogP contribution in [0.25, 0.3) is 16.9 Å². The van der Waals surface area contributed by atoms with Gasteiger partial charge in [-0.15, -0.1) is 0 Å². The number of hydrogen-bond acceptors (Lipinski definition) is 3. The Balaban J connectivity index is 2.16. The van der Waals surface area contributed by atoms with Crippen LogP contribution in [0.1, 0.15) is 5.69 Å². The number of benzene rings is 1. The van der Waals surface area contributed by atoms with Crippen LogP contribution >= 0.6 is 0 Å². The van der Waals surface area contributed by atoms with Crippen molar-refractivity contribution in [3.63, 3.8) is 0 Å². The fraction of sp³-hybridized carbons (Fsp3) is 0.0769. The smallest absolute Gasteiger partial charge is 0.159 e. The van der Waals surface area contributed by atoms with Gasteiger partial charge in [-0.25, -0.2) is 18.3 Å². The van der Waals surface area contributed by atoms with Crippen LogP contribution in [0.5, 0.6) is 0 Å². The summed E-state index contributed by atoms with van der Waals surface area (Å²) in [5.74, 6) is -1.78. The van der Waals surface area contributed by atoms with Crippen LogP contribution in [-0.4, -0.2) is 14.6 Å². The molecule has 0 aliphatic heterocycles. The Morgan fingerprint density at radius 2 is 1.95 bits per heavy atom. The molecule has 2 N–H and O–H groups in total. The zero-order valence-electron chi connectivity index (χ0n) is 9.85. The second-order valence-corrected chi connectivity index (χ2v) is 4.07. The first-order valence-corrected chi connectivity index (χ1v) is 5.68. The maximum absolute atomic E-state index is 13.2. The van der Waals surface area contributed by atoms with Crippen LogP contribution in [0.15, 0.2) is 36.5 Å². The van der Waals surface area contributed by atoms with Gasteiger partial charge in [0.1, 0.15) is 0 Å². The lowest BCUT2D eigenvalue weighted by Gasteiger charge is -2.04. The van der Waals surface area contributed by atoms with E-state index in [2.05, 4.69) is 10.1 Å². The molecule has 2 heterocycles. The van der Waals surface area contributed by atoms with Gasteiger partial charge in [0, 0.05) is 12.1 Å². The van der Waals surface area contributed by atoms with Crippen LogP contribution in [0.4, 0.5) is 8.78 Å². The molecule has 19 heavy (non-hydrogen) atoms. The summed E-state index contributed by atoms with van der Waals surface area (Å²) in [4.78, 5) is 4.14. The Bertz CT molecular complexity index is 751. The van der Waals surface area contributed by atoms with Crippen molar-refractivity contribution in [1.82, 2.24) is 14.6 Å². The van der Waals surface area contributed by atoms with Gasteiger partial charge >= 0.3 is 0 Å². The van der Waals surface area contributed by atoms with Gasteiger partial charge in [-0.2, -0.15) is 5.10 Å². The minimum absolute atomic E-state index is 0.301. The van der Waals surface area contributed by atoms with Crippen molar-refractivity contribution >= 4 is 5.65 Å². The van der Waals surface area contributed by atoms with Gasteiger partial charge in [0.05, 0.1) is 17.6 Å². The van der Waals surface area contributed by atoms with E-state index in [4.69, 9.17) is 5.73 Å². The van der Waals surface area contributed by atoms with Crippen molar-refractivity contribution in [3.05, 3.63) is 53.9 Å². The Morgan fingerprint density at radius 1 is 1.11 bits per heavy atom. The Morgan fingerprint density at radius 3 is 2.68 bits per heavy atom. The number of imidazole rings is 1. The molecule has 0 aliphatic carbocycles. The van der Waals surface area contributed by atoms with Crippen LogP contribution in [-0.2, 0) is 6.54 Å². The van der Waals surface area contributed by atoms with E-state index < -0.39 is 11.6 Å². The molecule has 0 fully saturated rings. The highest BCUT2D eigenvalue weighted by Crippen LogP contribution is 2.20. The summed E-state index contributed by atoms with van der Waals surface area (Å²) >= 11 is 0. The number of halogens is 2. The predicted molar refractivity (Wildman–Crippen MR) is 66.2 cm³/mol. The quantitative estimate of drug-likeness (QED) is 0.768. The monoisotopic (exact) mass is 260 g/mol. The van der Waals surface area contributed by atoms with E-state index in [0.29, 0.717) is 23.4 Å². The third-order valence-corrected chi connectivity index (χ3v) is 2.86. The average Bonchev–Trinajstić information content (AvgIpc) is 2.84. The molecule has 3 rings (SSSR count). The number of fused-ring (bicyclic) bond motifs is 1. The van der Waals surface area contributed by atoms with E-state index in [1.807, 2.05) is 0 Å². The van der Waals surface area contributed by atoms with Crippen molar-refractivity contribution in [1.29, 1.82) is 0 Å². The molecule has 0 radical (unpaired) electrons. The number of rotatable bonds is 2. The molecule has 0 amide bonds. The molecule has 96 valence electrons. The predicted octanol–water partition coefficient (Wildman–Crippen LogP) is 2.13. The van der Waals surface area contributed by atoms with E-state index in [1.165, 1.54) is 6.07 Å². The van der Waals surface area contributed by atoms with Gasteiger partial charge in [-0.3, -0.25) is 0 Å². The number of nitrogens with zero attached hydrogens (tertiary/aromatic N) is 3. The van der Waals surface area contributed by atoms with E-state index in [-0.39, 0.29) is 0 Å². The van der Waals surface area contributed by atoms with E-state index >= 15 is 0 Å². The van der Waals surface area contributed by atoms with Crippen LogP contribution in [0.3, 0.4) is 0 Å². The topological polar surface area (TPSA) is 56.2 Å². The summed E-state index contributed by atoms with van der Waals surface area (Å²) in [6.45, 7) is 0.301. The fourth-order valence-corrected chi connectivity index (χ4v) is 1.87. The second kappa shape index (κ2) is 4.40. The van der Waals surface area contributed by atoms with Gasteiger partial charge in [-0.1, -0.05) is 0 Å². The summed E-state index contributed by atoms with van der Waals surface area (Å²) in [7, 11) is 0. The van der Waals surface area contributed by atoms with E-state index in [1.54, 1.807) is 22.8 Å². The molecule has 1 aromatic carbocycles. The first kappa shape index (κ1) is 11.7. The SMILES string of the molecule is NCc1cnc2ccc(-c3ccc(F)c(F)c3)nn12. The highest BCUT2D eigenvalue weighted by atomic mass is 19.2. The molecule has 2 aromatic heterocycles. The second-order valence-electron chi connectivity index (χ2n) is 4.07. The van der Waals surface area contributed by atoms with Gasteiger partial charge in [0.15, 0.2) is 17.3 Å². The van der Waals surface area contributed by atoms with Crippen molar-refractivity contribution < 1.29 is 8.78 Å². The maximum Gasteiger partial charge on any atom is 0.159 e. The van der Waals surface area contributed by atoms with Crippen molar-refractivity contribution in [2.24, 2.45) is 5.73 Å². The maximum atomic E-state index is 13.2. The first-order valence-electron chi connectivity index (χ1n) is 5.68. The van der Waals surface area contributed by atoms with Gasteiger partial charge in [0.25, 0.3) is 0 Å². The molecular weight excluding hydrogens is 250 g/mol. The molecule has 0 bridgehead atoms. The van der Waals surface area contributed by atoms with Gasteiger partial charge in [-0.05, 0) is 30.3 Å². The van der Waals surface area contributed by atoms with Crippen molar-refractivity contribution in [2.75, 3.05) is 0 Å². The molecule has 3 aromatic rings. The lowest BCUT2D eigenvalue weighted by molar-refractivity contribution is 0.509. The molecule has 0 atom stereocenters. The highest BCUT2D eigenvalue weighted by Gasteiger charge is 2.08. The number of hydrogen-bond donors (Lipinski definition) is 1. The standard InChI is InChI=1S/C13H10F2N4/c14-10-2-1-8(5-11(10)15)12-3-4-13-17-7-9(6-16)19(13)18-12/h1-5,7H,6,16H2. The molecule has 0 saturated carbocycles. The van der Waals surface area contributed by atoms with Crippen molar-refractivity contribution in [2.45, 2.75) is 6.54 Å². The van der Waals surface area contributed by atoms with Crippen molar-refractivity contribution in [3.8, 4) is 11.3 Å². The highest BCUT2D eigenvalue weighted by molar-refractivity contribution is 5.60. The Hall–Kier alpha value is -2.34. The zero-order chi connectivity index (χ0) is 13.4. The average molecular weight is 260 g/mol. The molecular formula is C13H10F2N4. The molecule has 0 spiro atoms. The lowest BCUT2D eigenvalue weighted by atomic mass is 10.1. The van der Waals surface area contributed by atoms with Gasteiger partial charge in [0.2, 0.25) is 0 Å². The Labute approximate surface area is 107 Å². The molecule has 0 saturated heterocycles. The summed E-state index contributed by atoms with van der Waals surface area (Å²) < 4.78 is 27.7.